The maximum atomic E-state index is 11.0. The zero-order chi connectivity index (χ0) is 10.2. The standard InChI is InChI=1S/C6H4Br3NO2S/c7-4-1-3(13(10,11)12)2-5(8)6(4)9/h1-2H,(H2,10,11,12). The van der Waals surface area contributed by atoms with Crippen LogP contribution in [0.2, 0.25) is 0 Å². The summed E-state index contributed by atoms with van der Waals surface area (Å²) in [7, 11) is -3.65. The Balaban J connectivity index is 3.47. The van der Waals surface area contributed by atoms with Crippen molar-refractivity contribution in [1.29, 1.82) is 0 Å². The zero-order valence-corrected chi connectivity index (χ0v) is 11.7. The van der Waals surface area contributed by atoms with E-state index >= 15 is 0 Å². The van der Waals surface area contributed by atoms with E-state index in [0.29, 0.717) is 8.95 Å². The van der Waals surface area contributed by atoms with Gasteiger partial charge >= 0.3 is 0 Å². The quantitative estimate of drug-likeness (QED) is 0.745. The average molecular weight is 394 g/mol. The van der Waals surface area contributed by atoms with Gasteiger partial charge in [0.25, 0.3) is 0 Å². The molecule has 0 atom stereocenters. The highest BCUT2D eigenvalue weighted by Crippen LogP contribution is 2.33. The lowest BCUT2D eigenvalue weighted by molar-refractivity contribution is 0.597. The van der Waals surface area contributed by atoms with E-state index in [-0.39, 0.29) is 4.90 Å². The number of nitrogens with two attached hydrogens (primary N) is 1. The topological polar surface area (TPSA) is 60.2 Å². The van der Waals surface area contributed by atoms with Gasteiger partial charge in [-0.25, -0.2) is 13.6 Å². The van der Waals surface area contributed by atoms with Crippen LogP contribution in [0.1, 0.15) is 0 Å². The molecule has 0 bridgehead atoms. The molecule has 0 aliphatic heterocycles. The van der Waals surface area contributed by atoms with Crippen LogP contribution in [-0.4, -0.2) is 8.42 Å². The number of benzene rings is 1. The van der Waals surface area contributed by atoms with Crippen molar-refractivity contribution < 1.29 is 8.42 Å². The summed E-state index contributed by atoms with van der Waals surface area (Å²) in [4.78, 5) is 0.0643. The Kier molecular flexibility index (Phi) is 3.56. The van der Waals surface area contributed by atoms with E-state index in [0.717, 1.165) is 4.47 Å². The summed E-state index contributed by atoms with van der Waals surface area (Å²) in [6, 6.07) is 2.87. The predicted molar refractivity (Wildman–Crippen MR) is 60.9 cm³/mol. The van der Waals surface area contributed by atoms with Crippen molar-refractivity contribution in [1.82, 2.24) is 0 Å². The molecule has 7 heteroatoms. The van der Waals surface area contributed by atoms with Gasteiger partial charge < -0.3 is 0 Å². The van der Waals surface area contributed by atoms with Gasteiger partial charge in [-0.05, 0) is 59.9 Å². The Hall–Kier alpha value is 0.570. The SMILES string of the molecule is NS(=O)(=O)c1cc(Br)c(Br)c(Br)c1. The van der Waals surface area contributed by atoms with Crippen molar-refractivity contribution >= 4 is 57.8 Å². The largest absolute Gasteiger partial charge is 0.238 e. The van der Waals surface area contributed by atoms with Crippen molar-refractivity contribution in [2.75, 3.05) is 0 Å². The molecule has 0 aliphatic carbocycles. The van der Waals surface area contributed by atoms with Gasteiger partial charge in [-0.3, -0.25) is 0 Å². The van der Waals surface area contributed by atoms with Crippen LogP contribution in [0.4, 0.5) is 0 Å². The highest BCUT2D eigenvalue weighted by molar-refractivity contribution is 9.14. The lowest BCUT2D eigenvalue weighted by atomic mass is 10.4. The van der Waals surface area contributed by atoms with E-state index in [9.17, 15) is 8.42 Å². The summed E-state index contributed by atoms with van der Waals surface area (Å²) in [5.74, 6) is 0. The van der Waals surface area contributed by atoms with E-state index in [4.69, 9.17) is 5.14 Å². The van der Waals surface area contributed by atoms with E-state index in [2.05, 4.69) is 47.8 Å². The first-order chi connectivity index (χ1) is 5.82. The molecule has 1 rings (SSSR count). The van der Waals surface area contributed by atoms with E-state index < -0.39 is 10.0 Å². The summed E-state index contributed by atoms with van der Waals surface area (Å²) >= 11 is 9.64. The summed E-state index contributed by atoms with van der Waals surface area (Å²) in [6.07, 6.45) is 0. The highest BCUT2D eigenvalue weighted by atomic mass is 79.9. The fourth-order valence-electron chi connectivity index (χ4n) is 0.697. The lowest BCUT2D eigenvalue weighted by Gasteiger charge is -2.03. The Morgan fingerprint density at radius 1 is 1.08 bits per heavy atom. The monoisotopic (exact) mass is 391 g/mol. The van der Waals surface area contributed by atoms with Gasteiger partial charge in [0, 0.05) is 13.4 Å². The number of hydrogen-bond acceptors (Lipinski definition) is 2. The van der Waals surface area contributed by atoms with Crippen LogP contribution in [0.3, 0.4) is 0 Å². The Morgan fingerprint density at radius 3 is 1.77 bits per heavy atom. The van der Waals surface area contributed by atoms with Crippen LogP contribution in [0.15, 0.2) is 30.4 Å². The van der Waals surface area contributed by atoms with Crippen molar-refractivity contribution in [3.63, 3.8) is 0 Å². The molecule has 0 radical (unpaired) electrons. The molecule has 2 N–H and O–H groups in total. The molecule has 0 saturated carbocycles. The number of rotatable bonds is 1. The number of primary sulfonamides is 1. The van der Waals surface area contributed by atoms with E-state index in [1.54, 1.807) is 0 Å². The molecule has 0 spiro atoms. The fraction of sp³-hybridized carbons (Fsp3) is 0. The molecule has 0 fully saturated rings. The summed E-state index contributed by atoms with van der Waals surface area (Å²) in [6.45, 7) is 0. The first-order valence-electron chi connectivity index (χ1n) is 2.99. The minimum atomic E-state index is -3.65. The second kappa shape index (κ2) is 3.98. The zero-order valence-electron chi connectivity index (χ0n) is 6.09. The van der Waals surface area contributed by atoms with Crippen LogP contribution in [0.5, 0.6) is 0 Å². The third-order valence-electron chi connectivity index (χ3n) is 1.29. The molecule has 0 aromatic heterocycles. The molecular formula is C6H4Br3NO2S. The van der Waals surface area contributed by atoms with Crippen molar-refractivity contribution in [3.05, 3.63) is 25.6 Å². The van der Waals surface area contributed by atoms with Gasteiger partial charge in [-0.15, -0.1) is 0 Å². The molecule has 0 heterocycles. The average Bonchev–Trinajstić information content (AvgIpc) is 1.97. The molecule has 1 aromatic rings. The van der Waals surface area contributed by atoms with Crippen LogP contribution >= 0.6 is 47.8 Å². The Bertz CT molecular complexity index is 420. The smallest absolute Gasteiger partial charge is 0.225 e. The molecule has 0 aliphatic rings. The fourth-order valence-corrected chi connectivity index (χ4v) is 2.98. The molecule has 13 heavy (non-hydrogen) atoms. The minimum absolute atomic E-state index is 0.0643. The van der Waals surface area contributed by atoms with Gasteiger partial charge in [-0.2, -0.15) is 0 Å². The minimum Gasteiger partial charge on any atom is -0.225 e. The molecule has 0 unspecified atom stereocenters. The molecule has 3 nitrogen and oxygen atoms in total. The summed E-state index contributed by atoms with van der Waals surface area (Å²) < 4.78 is 23.9. The second-order valence-electron chi connectivity index (χ2n) is 2.25. The van der Waals surface area contributed by atoms with Crippen molar-refractivity contribution in [3.8, 4) is 0 Å². The van der Waals surface area contributed by atoms with Gasteiger partial charge in [-0.1, -0.05) is 0 Å². The lowest BCUT2D eigenvalue weighted by Crippen LogP contribution is -2.12. The first kappa shape index (κ1) is 11.6. The molecule has 0 amide bonds. The van der Waals surface area contributed by atoms with Gasteiger partial charge in [0.2, 0.25) is 10.0 Å². The maximum Gasteiger partial charge on any atom is 0.238 e. The highest BCUT2D eigenvalue weighted by Gasteiger charge is 2.12. The Labute approximate surface area is 101 Å². The maximum absolute atomic E-state index is 11.0. The number of halogens is 3. The van der Waals surface area contributed by atoms with Gasteiger partial charge in [0.05, 0.1) is 4.90 Å². The second-order valence-corrected chi connectivity index (χ2v) is 6.31. The number of sulfonamides is 1. The van der Waals surface area contributed by atoms with Crippen molar-refractivity contribution in [2.45, 2.75) is 4.90 Å². The van der Waals surface area contributed by atoms with E-state index in [1.807, 2.05) is 0 Å². The van der Waals surface area contributed by atoms with Crippen LogP contribution < -0.4 is 5.14 Å². The predicted octanol–water partition coefficient (Wildman–Crippen LogP) is 2.62. The van der Waals surface area contributed by atoms with Crippen molar-refractivity contribution in [2.24, 2.45) is 5.14 Å². The normalized spacial score (nSPS) is 11.7. The third-order valence-corrected chi connectivity index (χ3v) is 5.35. The van der Waals surface area contributed by atoms with E-state index in [1.165, 1.54) is 12.1 Å². The van der Waals surface area contributed by atoms with Crippen LogP contribution in [0.25, 0.3) is 0 Å². The van der Waals surface area contributed by atoms with Crippen LogP contribution in [0, 0.1) is 0 Å². The molecule has 1 aromatic carbocycles. The third kappa shape index (κ3) is 2.76. The Morgan fingerprint density at radius 2 is 1.46 bits per heavy atom. The molecule has 72 valence electrons. The first-order valence-corrected chi connectivity index (χ1v) is 6.92. The van der Waals surface area contributed by atoms with Gasteiger partial charge in [0.1, 0.15) is 0 Å². The van der Waals surface area contributed by atoms with Gasteiger partial charge in [0.15, 0.2) is 0 Å². The number of hydrogen-bond donors (Lipinski definition) is 1. The molecule has 0 saturated heterocycles. The molecular weight excluding hydrogens is 390 g/mol. The van der Waals surface area contributed by atoms with Crippen LogP contribution in [-0.2, 0) is 10.0 Å². The summed E-state index contributed by atoms with van der Waals surface area (Å²) in [5, 5.41) is 4.96. The summed E-state index contributed by atoms with van der Waals surface area (Å²) in [5.41, 5.74) is 0.